The number of hydrogen-bond acceptors (Lipinski definition) is 4. The molecule has 1 heterocycles. The second-order valence-corrected chi connectivity index (χ2v) is 5.47. The molecule has 0 aliphatic heterocycles. The molecule has 0 aliphatic carbocycles. The summed E-state index contributed by atoms with van der Waals surface area (Å²) >= 11 is 0. The predicted octanol–water partition coefficient (Wildman–Crippen LogP) is 2.92. The van der Waals surface area contributed by atoms with Gasteiger partial charge >= 0.3 is 0 Å². The molecule has 0 saturated carbocycles. The fraction of sp³-hybridized carbons (Fsp3) is 0.278. The van der Waals surface area contributed by atoms with Crippen LogP contribution in [0.5, 0.6) is 0 Å². The predicted molar refractivity (Wildman–Crippen MR) is 108 cm³/mol. The maximum Gasteiger partial charge on any atom is 0.253 e. The second kappa shape index (κ2) is 12.2. The summed E-state index contributed by atoms with van der Waals surface area (Å²) in [6.45, 7) is 2.33. The van der Waals surface area contributed by atoms with Crippen molar-refractivity contribution in [2.75, 3.05) is 5.32 Å². The molecule has 1 atom stereocenters. The van der Waals surface area contributed by atoms with E-state index in [2.05, 4.69) is 15.6 Å². The first-order valence-corrected chi connectivity index (χ1v) is 7.94. The number of nitrogens with two attached hydrogens (primary N) is 1. The number of hydrogen-bond donors (Lipinski definition) is 3. The van der Waals surface area contributed by atoms with Crippen molar-refractivity contribution in [1.29, 1.82) is 0 Å². The van der Waals surface area contributed by atoms with Crippen LogP contribution in [0.1, 0.15) is 35.7 Å². The van der Waals surface area contributed by atoms with E-state index >= 15 is 0 Å². The first-order chi connectivity index (χ1) is 11.6. The Bertz CT molecular complexity index is 699. The first kappa shape index (κ1) is 23.9. The number of aromatic nitrogens is 1. The molecule has 2 rings (SSSR count). The molecule has 8 heteroatoms. The van der Waals surface area contributed by atoms with Crippen LogP contribution in [-0.2, 0) is 11.3 Å². The fourth-order valence-corrected chi connectivity index (χ4v) is 2.24. The van der Waals surface area contributed by atoms with E-state index in [1.54, 1.807) is 36.7 Å². The second-order valence-electron chi connectivity index (χ2n) is 5.47. The van der Waals surface area contributed by atoms with Crippen LogP contribution in [0.3, 0.4) is 0 Å². The van der Waals surface area contributed by atoms with Crippen LogP contribution in [0.15, 0.2) is 48.8 Å². The van der Waals surface area contributed by atoms with Crippen molar-refractivity contribution in [2.24, 2.45) is 5.73 Å². The Morgan fingerprint density at radius 2 is 1.88 bits per heavy atom. The summed E-state index contributed by atoms with van der Waals surface area (Å²) < 4.78 is 0. The van der Waals surface area contributed by atoms with E-state index in [0.717, 1.165) is 12.0 Å². The largest absolute Gasteiger partial charge is 0.348 e. The Balaban J connectivity index is 0.00000312. The summed E-state index contributed by atoms with van der Waals surface area (Å²) in [7, 11) is 0. The highest BCUT2D eigenvalue weighted by atomic mass is 35.5. The van der Waals surface area contributed by atoms with Crippen LogP contribution < -0.4 is 16.4 Å². The number of para-hydroxylation sites is 1. The van der Waals surface area contributed by atoms with E-state index in [9.17, 15) is 9.59 Å². The molecule has 0 saturated heterocycles. The quantitative estimate of drug-likeness (QED) is 0.667. The van der Waals surface area contributed by atoms with Gasteiger partial charge in [0.1, 0.15) is 0 Å². The summed E-state index contributed by atoms with van der Waals surface area (Å²) in [6, 6.07) is 9.98. The molecule has 0 radical (unpaired) electrons. The summed E-state index contributed by atoms with van der Waals surface area (Å²) in [5.74, 6) is -0.553. The smallest absolute Gasteiger partial charge is 0.253 e. The van der Waals surface area contributed by atoms with Gasteiger partial charge in [-0.05, 0) is 30.2 Å². The number of pyridine rings is 1. The zero-order chi connectivity index (χ0) is 17.4. The third-order valence-electron chi connectivity index (χ3n) is 3.54. The summed E-state index contributed by atoms with van der Waals surface area (Å²) in [6.07, 6.45) is 4.79. The monoisotopic (exact) mass is 398 g/mol. The first-order valence-electron chi connectivity index (χ1n) is 7.94. The number of rotatable bonds is 7. The molecule has 6 nitrogen and oxygen atoms in total. The zero-order valence-corrected chi connectivity index (χ0v) is 16.1. The highest BCUT2D eigenvalue weighted by Crippen LogP contribution is 2.15. The molecule has 4 N–H and O–H groups in total. The highest BCUT2D eigenvalue weighted by Gasteiger charge is 2.16. The van der Waals surface area contributed by atoms with Crippen molar-refractivity contribution in [3.05, 3.63) is 59.9 Å². The van der Waals surface area contributed by atoms with Crippen LogP contribution in [0.25, 0.3) is 0 Å². The number of nitrogens with one attached hydrogen (secondary N) is 2. The van der Waals surface area contributed by atoms with Gasteiger partial charge in [0.15, 0.2) is 0 Å². The number of halogens is 2. The van der Waals surface area contributed by atoms with E-state index in [1.807, 2.05) is 19.1 Å². The van der Waals surface area contributed by atoms with Gasteiger partial charge in [0.05, 0.1) is 17.3 Å². The minimum Gasteiger partial charge on any atom is -0.348 e. The van der Waals surface area contributed by atoms with Crippen molar-refractivity contribution in [3.63, 3.8) is 0 Å². The Kier molecular flexibility index (Phi) is 11.2. The number of carbonyl (C=O) groups excluding carboxylic acids is 2. The van der Waals surface area contributed by atoms with Gasteiger partial charge in [-0.2, -0.15) is 0 Å². The minimum absolute atomic E-state index is 0. The molecule has 1 unspecified atom stereocenters. The van der Waals surface area contributed by atoms with Gasteiger partial charge in [-0.25, -0.2) is 0 Å². The lowest BCUT2D eigenvalue weighted by molar-refractivity contribution is -0.117. The molecular formula is C18H24Cl2N4O2. The lowest BCUT2D eigenvalue weighted by atomic mass is 10.1. The molecule has 2 aromatic rings. The maximum absolute atomic E-state index is 12.4. The molecule has 2 amide bonds. The number of nitrogens with zero attached hydrogens (tertiary/aromatic N) is 1. The lowest BCUT2D eigenvalue weighted by Gasteiger charge is -2.14. The number of amides is 2. The Hall–Kier alpha value is -2.15. The van der Waals surface area contributed by atoms with Crippen LogP contribution >= 0.6 is 24.8 Å². The third-order valence-corrected chi connectivity index (χ3v) is 3.54. The van der Waals surface area contributed by atoms with Crippen molar-refractivity contribution in [3.8, 4) is 0 Å². The fourth-order valence-electron chi connectivity index (χ4n) is 2.24. The Morgan fingerprint density at radius 1 is 1.15 bits per heavy atom. The van der Waals surface area contributed by atoms with Gasteiger partial charge in [-0.1, -0.05) is 31.5 Å². The van der Waals surface area contributed by atoms with Gasteiger partial charge < -0.3 is 16.4 Å². The lowest BCUT2D eigenvalue weighted by Crippen LogP contribution is -2.36. The molecule has 0 bridgehead atoms. The van der Waals surface area contributed by atoms with Gasteiger partial charge in [0, 0.05) is 18.9 Å². The number of carbonyl (C=O) groups is 2. The molecular weight excluding hydrogens is 375 g/mol. The van der Waals surface area contributed by atoms with Crippen molar-refractivity contribution < 1.29 is 9.59 Å². The van der Waals surface area contributed by atoms with Crippen LogP contribution in [0.4, 0.5) is 5.69 Å². The average molecular weight is 399 g/mol. The van der Waals surface area contributed by atoms with E-state index in [1.165, 1.54) is 0 Å². The van der Waals surface area contributed by atoms with Gasteiger partial charge in [-0.15, -0.1) is 24.8 Å². The Labute approximate surface area is 165 Å². The molecule has 0 spiro atoms. The summed E-state index contributed by atoms with van der Waals surface area (Å²) in [5, 5.41) is 5.56. The number of anilines is 1. The highest BCUT2D eigenvalue weighted by molar-refractivity contribution is 6.04. The van der Waals surface area contributed by atoms with Crippen LogP contribution in [0.2, 0.25) is 0 Å². The topological polar surface area (TPSA) is 97.1 Å². The third kappa shape index (κ3) is 7.00. The average Bonchev–Trinajstić information content (AvgIpc) is 2.61. The van der Waals surface area contributed by atoms with E-state index in [0.29, 0.717) is 24.2 Å². The Morgan fingerprint density at radius 3 is 2.54 bits per heavy atom. The van der Waals surface area contributed by atoms with Gasteiger partial charge in [0.2, 0.25) is 5.91 Å². The standard InChI is InChI=1S/C18H22N4O2.2ClH/c1-2-6-15(19)18(24)22-16-9-4-3-8-14(16)17(23)21-12-13-7-5-10-20-11-13;;/h3-5,7-11,15H,2,6,12,19H2,1H3,(H,21,23)(H,22,24);2*1H. The number of benzene rings is 1. The van der Waals surface area contributed by atoms with E-state index in [-0.39, 0.29) is 36.6 Å². The summed E-state index contributed by atoms with van der Waals surface area (Å²) in [4.78, 5) is 28.5. The van der Waals surface area contributed by atoms with E-state index < -0.39 is 6.04 Å². The van der Waals surface area contributed by atoms with Crippen molar-refractivity contribution in [2.45, 2.75) is 32.4 Å². The minimum atomic E-state index is -0.582. The molecule has 26 heavy (non-hydrogen) atoms. The zero-order valence-electron chi connectivity index (χ0n) is 14.5. The van der Waals surface area contributed by atoms with E-state index in [4.69, 9.17) is 5.73 Å². The summed E-state index contributed by atoms with van der Waals surface area (Å²) in [5.41, 5.74) is 7.57. The molecule has 0 fully saturated rings. The SMILES string of the molecule is CCCC(N)C(=O)Nc1ccccc1C(=O)NCc1cccnc1.Cl.Cl. The normalized spacial score (nSPS) is 10.7. The molecule has 1 aromatic heterocycles. The molecule has 0 aliphatic rings. The van der Waals surface area contributed by atoms with Crippen molar-refractivity contribution >= 4 is 42.3 Å². The van der Waals surface area contributed by atoms with Gasteiger partial charge in [-0.3, -0.25) is 14.6 Å². The molecule has 142 valence electrons. The van der Waals surface area contributed by atoms with Crippen LogP contribution in [0, 0.1) is 0 Å². The molecule has 1 aromatic carbocycles. The van der Waals surface area contributed by atoms with Crippen molar-refractivity contribution in [1.82, 2.24) is 10.3 Å². The maximum atomic E-state index is 12.4. The van der Waals surface area contributed by atoms with Crippen LogP contribution in [-0.4, -0.2) is 22.8 Å². The van der Waals surface area contributed by atoms with Gasteiger partial charge in [0.25, 0.3) is 5.91 Å².